The van der Waals surface area contributed by atoms with Crippen LogP contribution in [0, 0.1) is 6.92 Å². The molecule has 0 aliphatic rings. The molecule has 0 fully saturated rings. The van der Waals surface area contributed by atoms with Crippen LogP contribution in [0.1, 0.15) is 28.1 Å². The van der Waals surface area contributed by atoms with Gasteiger partial charge in [0, 0.05) is 37.3 Å². The van der Waals surface area contributed by atoms with Crippen molar-refractivity contribution in [3.63, 3.8) is 0 Å². The van der Waals surface area contributed by atoms with Crippen molar-refractivity contribution in [2.45, 2.75) is 19.9 Å². The highest BCUT2D eigenvalue weighted by Gasteiger charge is 2.11. The fourth-order valence-electron chi connectivity index (χ4n) is 2.19. The Bertz CT molecular complexity index is 716. The first-order valence-corrected chi connectivity index (χ1v) is 8.49. The highest BCUT2D eigenvalue weighted by atomic mass is 127. The third kappa shape index (κ3) is 7.25. The number of guanidine groups is 1. The van der Waals surface area contributed by atoms with Gasteiger partial charge in [-0.05, 0) is 37.1 Å². The maximum Gasteiger partial charge on any atom is 0.287 e. The molecule has 1 aromatic carbocycles. The van der Waals surface area contributed by atoms with E-state index in [4.69, 9.17) is 16.0 Å². The van der Waals surface area contributed by atoms with Crippen molar-refractivity contribution < 1.29 is 9.21 Å². The Kier molecular flexibility index (Phi) is 10.1. The average Bonchev–Trinajstić information content (AvgIpc) is 3.04. The molecule has 3 N–H and O–H groups in total. The molecule has 0 unspecified atom stereocenters. The van der Waals surface area contributed by atoms with E-state index in [9.17, 15) is 4.79 Å². The molecule has 0 saturated carbocycles. The van der Waals surface area contributed by atoms with Crippen LogP contribution in [0.15, 0.2) is 46.0 Å². The molecule has 0 aliphatic heterocycles. The summed E-state index contributed by atoms with van der Waals surface area (Å²) in [5.74, 6) is 0.893. The van der Waals surface area contributed by atoms with Gasteiger partial charge in [-0.2, -0.15) is 0 Å². The number of aliphatic imine (C=N–C) groups is 1. The highest BCUT2D eigenvalue weighted by molar-refractivity contribution is 14.0. The second-order valence-corrected chi connectivity index (χ2v) is 5.96. The maximum atomic E-state index is 11.9. The lowest BCUT2D eigenvalue weighted by Crippen LogP contribution is -2.38. The van der Waals surface area contributed by atoms with E-state index in [2.05, 4.69) is 20.9 Å². The van der Waals surface area contributed by atoms with Crippen molar-refractivity contribution in [2.24, 2.45) is 4.99 Å². The van der Waals surface area contributed by atoms with E-state index in [-0.39, 0.29) is 29.9 Å². The first-order valence-electron chi connectivity index (χ1n) is 8.11. The topological polar surface area (TPSA) is 78.7 Å². The Morgan fingerprint density at radius 3 is 2.42 bits per heavy atom. The number of carbonyl (C=O) groups is 1. The summed E-state index contributed by atoms with van der Waals surface area (Å²) in [6.07, 6.45) is 2.29. The van der Waals surface area contributed by atoms with Crippen molar-refractivity contribution in [2.75, 3.05) is 20.1 Å². The van der Waals surface area contributed by atoms with Gasteiger partial charge in [0.25, 0.3) is 5.91 Å². The van der Waals surface area contributed by atoms with E-state index in [0.29, 0.717) is 31.4 Å². The van der Waals surface area contributed by atoms with E-state index < -0.39 is 0 Å². The van der Waals surface area contributed by atoms with E-state index >= 15 is 0 Å². The van der Waals surface area contributed by atoms with Gasteiger partial charge in [-0.25, -0.2) is 0 Å². The molecule has 1 amide bonds. The lowest BCUT2D eigenvalue weighted by Gasteiger charge is -2.12. The minimum atomic E-state index is -0.187. The molecule has 0 bridgehead atoms. The van der Waals surface area contributed by atoms with Crippen molar-refractivity contribution in [3.05, 3.63) is 58.5 Å². The summed E-state index contributed by atoms with van der Waals surface area (Å²) in [5, 5.41) is 9.99. The van der Waals surface area contributed by atoms with Crippen LogP contribution in [0.5, 0.6) is 0 Å². The van der Waals surface area contributed by atoms with Crippen LogP contribution in [0.2, 0.25) is 5.02 Å². The first-order chi connectivity index (χ1) is 12.1. The fourth-order valence-corrected chi connectivity index (χ4v) is 2.32. The molecule has 1 heterocycles. The Morgan fingerprint density at radius 1 is 1.12 bits per heavy atom. The zero-order valence-electron chi connectivity index (χ0n) is 14.8. The third-order valence-electron chi connectivity index (χ3n) is 3.60. The van der Waals surface area contributed by atoms with Crippen molar-refractivity contribution in [1.29, 1.82) is 0 Å². The Hall–Kier alpha value is -1.74. The molecule has 0 radical (unpaired) electrons. The Morgan fingerprint density at radius 2 is 1.81 bits per heavy atom. The minimum Gasteiger partial charge on any atom is -0.459 e. The number of aryl methyl sites for hydroxylation is 1. The van der Waals surface area contributed by atoms with E-state index in [1.807, 2.05) is 31.2 Å². The summed E-state index contributed by atoms with van der Waals surface area (Å²) in [4.78, 5) is 16.1. The summed E-state index contributed by atoms with van der Waals surface area (Å²) in [6.45, 7) is 3.75. The Balaban J connectivity index is 0.00000338. The number of hydrogen-bond donors (Lipinski definition) is 3. The largest absolute Gasteiger partial charge is 0.459 e. The summed E-state index contributed by atoms with van der Waals surface area (Å²) in [5.41, 5.74) is 1.95. The van der Waals surface area contributed by atoms with Crippen molar-refractivity contribution in [1.82, 2.24) is 16.0 Å². The number of hydrogen-bond acceptors (Lipinski definition) is 3. The van der Waals surface area contributed by atoms with Crippen LogP contribution >= 0.6 is 35.6 Å². The normalized spacial score (nSPS) is 10.8. The van der Waals surface area contributed by atoms with Gasteiger partial charge < -0.3 is 20.4 Å². The molecular weight excluding hydrogens is 467 g/mol. The first kappa shape index (κ1) is 22.3. The second kappa shape index (κ2) is 11.8. The molecule has 8 heteroatoms. The number of nitrogens with one attached hydrogen (secondary N) is 3. The quantitative estimate of drug-likeness (QED) is 0.241. The fraction of sp³-hybridized carbons (Fsp3) is 0.333. The van der Waals surface area contributed by atoms with Gasteiger partial charge in [0.05, 0.1) is 6.26 Å². The molecule has 0 aliphatic carbocycles. The number of halogens is 2. The number of nitrogens with zero attached hydrogens (tertiary/aromatic N) is 1. The monoisotopic (exact) mass is 490 g/mol. The lowest BCUT2D eigenvalue weighted by atomic mass is 10.2. The molecule has 0 atom stereocenters. The van der Waals surface area contributed by atoms with E-state index in [1.54, 1.807) is 13.1 Å². The van der Waals surface area contributed by atoms with Crippen molar-refractivity contribution in [3.8, 4) is 0 Å². The maximum absolute atomic E-state index is 11.9. The summed E-state index contributed by atoms with van der Waals surface area (Å²) in [7, 11) is 1.72. The number of benzene rings is 1. The van der Waals surface area contributed by atoms with Crippen molar-refractivity contribution >= 4 is 47.4 Å². The molecule has 2 aromatic rings. The molecule has 0 spiro atoms. The Labute approximate surface area is 175 Å². The molecular formula is C18H24ClIN4O2. The van der Waals surface area contributed by atoms with Gasteiger partial charge in [-0.1, -0.05) is 23.7 Å². The predicted octanol–water partition coefficient (Wildman–Crippen LogP) is 3.34. The predicted molar refractivity (Wildman–Crippen MR) is 115 cm³/mol. The lowest BCUT2D eigenvalue weighted by molar-refractivity contribution is 0.0925. The molecule has 1 aromatic heterocycles. The van der Waals surface area contributed by atoms with Gasteiger partial charge >= 0.3 is 0 Å². The number of rotatable bonds is 7. The number of amides is 1. The summed E-state index contributed by atoms with van der Waals surface area (Å²) >= 11 is 5.87. The van der Waals surface area contributed by atoms with Gasteiger partial charge in [0.2, 0.25) is 0 Å². The van der Waals surface area contributed by atoms with Crippen LogP contribution in [-0.2, 0) is 6.54 Å². The smallest absolute Gasteiger partial charge is 0.287 e. The minimum absolute atomic E-state index is 0. The summed E-state index contributed by atoms with van der Waals surface area (Å²) in [6, 6.07) is 9.42. The number of furan rings is 1. The standard InChI is InChI=1S/C18H23ClN4O2.HI/c1-13-8-11-25-16(13)17(24)21-9-3-10-22-18(20-2)23-12-14-4-6-15(19)7-5-14;/h4-8,11H,3,9-10,12H2,1-2H3,(H,21,24)(H2,20,22,23);1H. The molecule has 142 valence electrons. The third-order valence-corrected chi connectivity index (χ3v) is 3.85. The average molecular weight is 491 g/mol. The van der Waals surface area contributed by atoms with Crippen LogP contribution in [-0.4, -0.2) is 32.0 Å². The van der Waals surface area contributed by atoms with Gasteiger partial charge in [-0.3, -0.25) is 9.79 Å². The summed E-state index contributed by atoms with van der Waals surface area (Å²) < 4.78 is 5.16. The van der Waals surface area contributed by atoms with Crippen LogP contribution in [0.25, 0.3) is 0 Å². The van der Waals surface area contributed by atoms with E-state index in [0.717, 1.165) is 22.6 Å². The number of carbonyl (C=O) groups excluding carboxylic acids is 1. The zero-order valence-corrected chi connectivity index (χ0v) is 17.9. The van der Waals surface area contributed by atoms with Gasteiger partial charge in [-0.15, -0.1) is 24.0 Å². The SMILES string of the molecule is CN=C(NCCCNC(=O)c1occc1C)NCc1ccc(Cl)cc1.I. The molecule has 26 heavy (non-hydrogen) atoms. The van der Waals surface area contributed by atoms with Crippen LogP contribution < -0.4 is 16.0 Å². The second-order valence-electron chi connectivity index (χ2n) is 5.52. The van der Waals surface area contributed by atoms with Crippen LogP contribution in [0.4, 0.5) is 0 Å². The molecule has 6 nitrogen and oxygen atoms in total. The van der Waals surface area contributed by atoms with Gasteiger partial charge in [0.1, 0.15) is 0 Å². The van der Waals surface area contributed by atoms with E-state index in [1.165, 1.54) is 6.26 Å². The van der Waals surface area contributed by atoms with Crippen LogP contribution in [0.3, 0.4) is 0 Å². The zero-order chi connectivity index (χ0) is 18.1. The highest BCUT2D eigenvalue weighted by Crippen LogP contribution is 2.09. The van der Waals surface area contributed by atoms with Gasteiger partial charge in [0.15, 0.2) is 11.7 Å². The molecule has 0 saturated heterocycles. The molecule has 2 rings (SSSR count).